The van der Waals surface area contributed by atoms with Gasteiger partial charge in [-0.1, -0.05) is 55.3 Å². The second-order valence-corrected chi connectivity index (χ2v) is 12.4. The number of carbonyl (C=O) groups excluding carboxylic acids is 2. The molecular weight excluding hydrogens is 606 g/mol. The fourth-order valence-corrected chi connectivity index (χ4v) is 6.25. The van der Waals surface area contributed by atoms with E-state index in [0.717, 1.165) is 21.9 Å². The molecule has 3 rings (SSSR count). The Kier molecular flexibility index (Phi) is 12.3. The number of carbonyl (C=O) groups is 2. The monoisotopic (exact) mass is 645 g/mol. The Hall–Kier alpha value is -3.96. The van der Waals surface area contributed by atoms with Crippen LogP contribution < -0.4 is 23.8 Å². The van der Waals surface area contributed by atoms with Gasteiger partial charge in [0.05, 0.1) is 31.9 Å². The number of halogens is 1. The summed E-state index contributed by atoms with van der Waals surface area (Å²) in [5.41, 5.74) is 1.89. The minimum atomic E-state index is -4.42. The summed E-state index contributed by atoms with van der Waals surface area (Å²) >= 11 is 6.32. The predicted molar refractivity (Wildman–Crippen MR) is 171 cm³/mol. The van der Waals surface area contributed by atoms with Gasteiger partial charge in [0.15, 0.2) is 11.5 Å². The van der Waals surface area contributed by atoms with E-state index in [4.69, 9.17) is 25.8 Å². The van der Waals surface area contributed by atoms with Crippen LogP contribution in [0.4, 0.5) is 5.69 Å². The molecular formula is C32H40ClN3O7S. The number of rotatable bonds is 15. The third-order valence-corrected chi connectivity index (χ3v) is 9.03. The van der Waals surface area contributed by atoms with Crippen molar-refractivity contribution in [3.05, 3.63) is 76.8 Å². The minimum Gasteiger partial charge on any atom is -0.495 e. The summed E-state index contributed by atoms with van der Waals surface area (Å²) < 4.78 is 45.7. The van der Waals surface area contributed by atoms with Crippen molar-refractivity contribution >= 4 is 39.1 Å². The molecule has 1 atom stereocenters. The van der Waals surface area contributed by atoms with Gasteiger partial charge in [0.25, 0.3) is 10.0 Å². The molecule has 44 heavy (non-hydrogen) atoms. The normalized spacial score (nSPS) is 11.8. The zero-order chi connectivity index (χ0) is 32.4. The molecule has 0 bridgehead atoms. The van der Waals surface area contributed by atoms with Crippen molar-refractivity contribution < 1.29 is 32.2 Å². The summed E-state index contributed by atoms with van der Waals surface area (Å²) in [5.74, 6) is -0.191. The van der Waals surface area contributed by atoms with Crippen LogP contribution in [0.3, 0.4) is 0 Å². The fourth-order valence-electron chi connectivity index (χ4n) is 4.65. The zero-order valence-corrected chi connectivity index (χ0v) is 27.5. The van der Waals surface area contributed by atoms with Crippen LogP contribution in [-0.4, -0.2) is 65.6 Å². The molecule has 3 aromatic rings. The van der Waals surface area contributed by atoms with Crippen LogP contribution in [0.25, 0.3) is 0 Å². The first-order valence-electron chi connectivity index (χ1n) is 14.2. The van der Waals surface area contributed by atoms with E-state index in [1.54, 1.807) is 6.07 Å². The predicted octanol–water partition coefficient (Wildman–Crippen LogP) is 5.20. The van der Waals surface area contributed by atoms with Crippen LogP contribution in [0.15, 0.2) is 65.6 Å². The highest BCUT2D eigenvalue weighted by molar-refractivity contribution is 7.92. The number of hydrogen-bond donors (Lipinski definition) is 1. The summed E-state index contributed by atoms with van der Waals surface area (Å²) in [6.07, 6.45) is 1.04. The average molecular weight is 646 g/mol. The molecule has 238 valence electrons. The molecule has 1 N–H and O–H groups in total. The highest BCUT2D eigenvalue weighted by Crippen LogP contribution is 2.37. The van der Waals surface area contributed by atoms with E-state index in [-0.39, 0.29) is 39.6 Å². The van der Waals surface area contributed by atoms with Gasteiger partial charge in [-0.05, 0) is 55.7 Å². The molecule has 0 unspecified atom stereocenters. The molecule has 0 aliphatic heterocycles. The number of ether oxygens (including phenoxy) is 3. The Balaban J connectivity index is 2.16. The molecule has 0 heterocycles. The Labute approximate surface area is 264 Å². The van der Waals surface area contributed by atoms with Crippen LogP contribution >= 0.6 is 11.6 Å². The minimum absolute atomic E-state index is 0.0573. The number of nitrogens with zero attached hydrogens (tertiary/aromatic N) is 2. The molecule has 0 saturated carbocycles. The summed E-state index contributed by atoms with van der Waals surface area (Å²) in [6, 6.07) is 15.4. The number of benzene rings is 3. The molecule has 12 heteroatoms. The van der Waals surface area contributed by atoms with Gasteiger partial charge in [0.1, 0.15) is 18.3 Å². The molecule has 0 aliphatic rings. The quantitative estimate of drug-likeness (QED) is 0.242. The summed E-state index contributed by atoms with van der Waals surface area (Å²) in [6.45, 7) is 5.59. The molecule has 0 radical (unpaired) electrons. The van der Waals surface area contributed by atoms with Crippen molar-refractivity contribution in [3.8, 4) is 17.2 Å². The van der Waals surface area contributed by atoms with Gasteiger partial charge in [-0.2, -0.15) is 0 Å². The van der Waals surface area contributed by atoms with Crippen molar-refractivity contribution in [2.45, 2.75) is 51.1 Å². The maximum absolute atomic E-state index is 14.3. The number of sulfonamides is 1. The van der Waals surface area contributed by atoms with Crippen molar-refractivity contribution in [2.75, 3.05) is 38.7 Å². The van der Waals surface area contributed by atoms with Crippen LogP contribution in [0.5, 0.6) is 17.2 Å². The van der Waals surface area contributed by atoms with E-state index in [1.807, 2.05) is 45.0 Å². The SMILES string of the molecule is CCCNC(=O)[C@H](CC)N(Cc1ccc(C)cc1)C(=O)CN(c1cc(Cl)ccc1OC)S(=O)(=O)c1ccc(OC)c(OC)c1. The molecule has 0 fully saturated rings. The van der Waals surface area contributed by atoms with E-state index in [2.05, 4.69) is 5.32 Å². The first kappa shape index (κ1) is 34.5. The molecule has 3 aromatic carbocycles. The van der Waals surface area contributed by atoms with Gasteiger partial charge in [0.2, 0.25) is 11.8 Å². The second-order valence-electron chi connectivity index (χ2n) is 10.1. The van der Waals surface area contributed by atoms with Crippen LogP contribution in [-0.2, 0) is 26.2 Å². The first-order valence-corrected chi connectivity index (χ1v) is 16.0. The fraction of sp³-hybridized carbons (Fsp3) is 0.375. The third kappa shape index (κ3) is 8.15. The lowest BCUT2D eigenvalue weighted by Crippen LogP contribution is -2.52. The Morgan fingerprint density at radius 1 is 0.886 bits per heavy atom. The van der Waals surface area contributed by atoms with Gasteiger partial charge in [-0.3, -0.25) is 13.9 Å². The molecule has 2 amide bonds. The lowest BCUT2D eigenvalue weighted by molar-refractivity contribution is -0.140. The van der Waals surface area contributed by atoms with E-state index in [9.17, 15) is 18.0 Å². The van der Waals surface area contributed by atoms with Crippen LogP contribution in [0.1, 0.15) is 37.8 Å². The summed E-state index contributed by atoms with van der Waals surface area (Å²) in [4.78, 5) is 28.8. The largest absolute Gasteiger partial charge is 0.495 e. The number of aryl methyl sites for hydroxylation is 1. The van der Waals surface area contributed by atoms with E-state index >= 15 is 0 Å². The van der Waals surface area contributed by atoms with Gasteiger partial charge in [-0.25, -0.2) is 8.42 Å². The van der Waals surface area contributed by atoms with Crippen molar-refractivity contribution in [1.82, 2.24) is 10.2 Å². The van der Waals surface area contributed by atoms with Crippen molar-refractivity contribution in [3.63, 3.8) is 0 Å². The number of methoxy groups -OCH3 is 3. The molecule has 10 nitrogen and oxygen atoms in total. The summed E-state index contributed by atoms with van der Waals surface area (Å²) in [5, 5.41) is 3.11. The highest BCUT2D eigenvalue weighted by Gasteiger charge is 2.35. The molecule has 0 spiro atoms. The van der Waals surface area contributed by atoms with Crippen LogP contribution in [0.2, 0.25) is 5.02 Å². The smallest absolute Gasteiger partial charge is 0.265 e. The molecule has 0 aromatic heterocycles. The number of anilines is 1. The molecule has 0 saturated heterocycles. The number of hydrogen-bond acceptors (Lipinski definition) is 7. The Morgan fingerprint density at radius 3 is 2.11 bits per heavy atom. The third-order valence-electron chi connectivity index (χ3n) is 7.04. The zero-order valence-electron chi connectivity index (χ0n) is 25.9. The number of amides is 2. The van der Waals surface area contributed by atoms with Gasteiger partial charge < -0.3 is 24.4 Å². The van der Waals surface area contributed by atoms with Crippen molar-refractivity contribution in [1.29, 1.82) is 0 Å². The maximum Gasteiger partial charge on any atom is 0.265 e. The van der Waals surface area contributed by atoms with Gasteiger partial charge in [-0.15, -0.1) is 0 Å². The van der Waals surface area contributed by atoms with E-state index in [1.165, 1.54) is 56.6 Å². The average Bonchev–Trinajstić information content (AvgIpc) is 3.02. The summed E-state index contributed by atoms with van der Waals surface area (Å²) in [7, 11) is -0.193. The lowest BCUT2D eigenvalue weighted by atomic mass is 10.1. The van der Waals surface area contributed by atoms with Gasteiger partial charge >= 0.3 is 0 Å². The van der Waals surface area contributed by atoms with Crippen LogP contribution in [0, 0.1) is 6.92 Å². The van der Waals surface area contributed by atoms with E-state index in [0.29, 0.717) is 18.7 Å². The number of nitrogens with one attached hydrogen (secondary N) is 1. The van der Waals surface area contributed by atoms with Gasteiger partial charge in [0, 0.05) is 24.2 Å². The van der Waals surface area contributed by atoms with E-state index < -0.39 is 28.5 Å². The standard InChI is InChI=1S/C32H40ClN3O7S/c1-7-17-34-32(38)26(8-2)35(20-23-11-9-22(3)10-12-23)31(37)21-36(27-18-24(33)13-15-28(27)41-4)44(39,40)25-14-16-29(42-5)30(19-25)43-6/h9-16,18-19,26H,7-8,17,20-21H2,1-6H3,(H,34,38)/t26-/m0/s1. The first-order chi connectivity index (χ1) is 21.0. The highest BCUT2D eigenvalue weighted by atomic mass is 35.5. The maximum atomic E-state index is 14.3. The molecule has 0 aliphatic carbocycles. The van der Waals surface area contributed by atoms with Crippen molar-refractivity contribution in [2.24, 2.45) is 0 Å². The Morgan fingerprint density at radius 2 is 1.52 bits per heavy atom. The Bertz CT molecular complexity index is 1550. The second kappa shape index (κ2) is 15.7. The topological polar surface area (TPSA) is 114 Å². The lowest BCUT2D eigenvalue weighted by Gasteiger charge is -2.33.